The standard InChI is InChI=1S/C17H26O2/c1-6-14(7-2)9-8-13(3)16-12-15(18-4)10-11-17(16)19-5/h8,10-12,14H,6-7,9H2,1-5H3/b13-8+. The van der Waals surface area contributed by atoms with E-state index in [1.54, 1.807) is 14.2 Å². The van der Waals surface area contributed by atoms with Crippen LogP contribution in [0.4, 0.5) is 0 Å². The van der Waals surface area contributed by atoms with Crippen molar-refractivity contribution in [1.29, 1.82) is 0 Å². The van der Waals surface area contributed by atoms with E-state index in [1.807, 2.05) is 18.2 Å². The van der Waals surface area contributed by atoms with Crippen molar-refractivity contribution in [2.24, 2.45) is 5.92 Å². The highest BCUT2D eigenvalue weighted by Crippen LogP contribution is 2.30. The van der Waals surface area contributed by atoms with Gasteiger partial charge in [-0.05, 0) is 43.0 Å². The van der Waals surface area contributed by atoms with Crippen molar-refractivity contribution in [2.45, 2.75) is 40.0 Å². The van der Waals surface area contributed by atoms with E-state index in [9.17, 15) is 0 Å². The highest BCUT2D eigenvalue weighted by atomic mass is 16.5. The van der Waals surface area contributed by atoms with Crippen LogP contribution in [0.15, 0.2) is 24.3 Å². The zero-order valence-electron chi connectivity index (χ0n) is 12.8. The minimum atomic E-state index is 0.770. The summed E-state index contributed by atoms with van der Waals surface area (Å²) in [6, 6.07) is 5.93. The van der Waals surface area contributed by atoms with Crippen molar-refractivity contribution in [2.75, 3.05) is 14.2 Å². The van der Waals surface area contributed by atoms with E-state index < -0.39 is 0 Å². The Labute approximate surface area is 117 Å². The van der Waals surface area contributed by atoms with Gasteiger partial charge in [0.25, 0.3) is 0 Å². The van der Waals surface area contributed by atoms with Gasteiger partial charge in [0, 0.05) is 5.56 Å². The maximum absolute atomic E-state index is 5.43. The molecule has 0 N–H and O–H groups in total. The molecule has 0 fully saturated rings. The Balaban J connectivity index is 2.96. The molecular formula is C17H26O2. The van der Waals surface area contributed by atoms with Crippen LogP contribution >= 0.6 is 0 Å². The lowest BCUT2D eigenvalue weighted by atomic mass is 9.96. The van der Waals surface area contributed by atoms with Gasteiger partial charge in [-0.25, -0.2) is 0 Å². The van der Waals surface area contributed by atoms with Crippen LogP contribution in [0.5, 0.6) is 11.5 Å². The number of methoxy groups -OCH3 is 2. The minimum Gasteiger partial charge on any atom is -0.497 e. The fourth-order valence-electron chi connectivity index (χ4n) is 2.20. The zero-order valence-corrected chi connectivity index (χ0v) is 12.8. The predicted molar refractivity (Wildman–Crippen MR) is 81.9 cm³/mol. The molecule has 0 aliphatic heterocycles. The summed E-state index contributed by atoms with van der Waals surface area (Å²) in [4.78, 5) is 0. The Kier molecular flexibility index (Phi) is 6.48. The molecule has 1 aromatic carbocycles. The van der Waals surface area contributed by atoms with Crippen LogP contribution in [-0.2, 0) is 0 Å². The van der Waals surface area contributed by atoms with Gasteiger partial charge in [0.15, 0.2) is 0 Å². The maximum Gasteiger partial charge on any atom is 0.126 e. The highest BCUT2D eigenvalue weighted by molar-refractivity contribution is 5.70. The average Bonchev–Trinajstić information content (AvgIpc) is 2.47. The first-order chi connectivity index (χ1) is 9.15. The lowest BCUT2D eigenvalue weighted by Crippen LogP contribution is -1.96. The molecular weight excluding hydrogens is 236 g/mol. The summed E-state index contributed by atoms with van der Waals surface area (Å²) in [5.41, 5.74) is 2.37. The van der Waals surface area contributed by atoms with Crippen LogP contribution in [0.1, 0.15) is 45.6 Å². The largest absolute Gasteiger partial charge is 0.497 e. The average molecular weight is 262 g/mol. The van der Waals surface area contributed by atoms with E-state index in [0.717, 1.165) is 29.4 Å². The molecule has 106 valence electrons. The molecule has 2 nitrogen and oxygen atoms in total. The smallest absolute Gasteiger partial charge is 0.126 e. The topological polar surface area (TPSA) is 18.5 Å². The fourth-order valence-corrected chi connectivity index (χ4v) is 2.20. The van der Waals surface area contributed by atoms with E-state index >= 15 is 0 Å². The van der Waals surface area contributed by atoms with Crippen molar-refractivity contribution < 1.29 is 9.47 Å². The van der Waals surface area contributed by atoms with Crippen molar-refractivity contribution >= 4 is 5.57 Å². The van der Waals surface area contributed by atoms with Gasteiger partial charge in [0.05, 0.1) is 14.2 Å². The maximum atomic E-state index is 5.43. The van der Waals surface area contributed by atoms with E-state index in [1.165, 1.54) is 18.4 Å². The number of ether oxygens (including phenoxy) is 2. The summed E-state index contributed by atoms with van der Waals surface area (Å²) in [6.45, 7) is 6.65. The van der Waals surface area contributed by atoms with Gasteiger partial charge in [-0.15, -0.1) is 0 Å². The number of allylic oxidation sites excluding steroid dienone is 2. The van der Waals surface area contributed by atoms with Crippen LogP contribution in [0.2, 0.25) is 0 Å². The quantitative estimate of drug-likeness (QED) is 0.693. The van der Waals surface area contributed by atoms with Gasteiger partial charge in [0.2, 0.25) is 0 Å². The first-order valence-corrected chi connectivity index (χ1v) is 7.05. The third-order valence-corrected chi connectivity index (χ3v) is 3.74. The highest BCUT2D eigenvalue weighted by Gasteiger charge is 2.08. The Morgan fingerprint density at radius 3 is 2.37 bits per heavy atom. The van der Waals surface area contributed by atoms with Gasteiger partial charge < -0.3 is 9.47 Å². The summed E-state index contributed by atoms with van der Waals surface area (Å²) in [5.74, 6) is 2.54. The molecule has 1 aromatic rings. The molecule has 0 atom stereocenters. The van der Waals surface area contributed by atoms with Gasteiger partial charge in [-0.3, -0.25) is 0 Å². The monoisotopic (exact) mass is 262 g/mol. The molecule has 0 unspecified atom stereocenters. The second kappa shape index (κ2) is 7.88. The number of rotatable bonds is 7. The van der Waals surface area contributed by atoms with E-state index in [-0.39, 0.29) is 0 Å². The molecule has 1 rings (SSSR count). The second-order valence-corrected chi connectivity index (χ2v) is 4.87. The minimum absolute atomic E-state index is 0.770. The molecule has 0 aliphatic rings. The molecule has 0 amide bonds. The summed E-state index contributed by atoms with van der Waals surface area (Å²) in [7, 11) is 3.40. The predicted octanol–water partition coefficient (Wildman–Crippen LogP) is 4.93. The summed E-state index contributed by atoms with van der Waals surface area (Å²) in [5, 5.41) is 0. The molecule has 0 saturated heterocycles. The Hall–Kier alpha value is -1.44. The van der Waals surface area contributed by atoms with E-state index in [4.69, 9.17) is 9.47 Å². The zero-order chi connectivity index (χ0) is 14.3. The third kappa shape index (κ3) is 4.30. The van der Waals surface area contributed by atoms with E-state index in [2.05, 4.69) is 26.8 Å². The van der Waals surface area contributed by atoms with Crippen molar-refractivity contribution in [3.8, 4) is 11.5 Å². The fraction of sp³-hybridized carbons (Fsp3) is 0.529. The Bertz CT molecular complexity index is 417. The second-order valence-electron chi connectivity index (χ2n) is 4.87. The number of hydrogen-bond donors (Lipinski definition) is 0. The van der Waals surface area contributed by atoms with Crippen molar-refractivity contribution in [3.05, 3.63) is 29.8 Å². The van der Waals surface area contributed by atoms with Crippen LogP contribution in [0.25, 0.3) is 5.57 Å². The number of benzene rings is 1. The van der Waals surface area contributed by atoms with Gasteiger partial charge in [0.1, 0.15) is 11.5 Å². The number of hydrogen-bond acceptors (Lipinski definition) is 2. The summed E-state index contributed by atoms with van der Waals surface area (Å²) in [6.07, 6.45) is 5.90. The van der Waals surface area contributed by atoms with E-state index in [0.29, 0.717) is 0 Å². The molecule has 0 aromatic heterocycles. The third-order valence-electron chi connectivity index (χ3n) is 3.74. The van der Waals surface area contributed by atoms with Gasteiger partial charge in [-0.2, -0.15) is 0 Å². The SMILES string of the molecule is CCC(CC)C/C=C(\C)c1cc(OC)ccc1OC. The van der Waals surface area contributed by atoms with Crippen LogP contribution in [0.3, 0.4) is 0 Å². The Morgan fingerprint density at radius 1 is 1.16 bits per heavy atom. The molecule has 0 aliphatic carbocycles. The van der Waals surface area contributed by atoms with Gasteiger partial charge in [-0.1, -0.05) is 32.8 Å². The molecule has 0 radical (unpaired) electrons. The molecule has 0 heterocycles. The lowest BCUT2D eigenvalue weighted by molar-refractivity contribution is 0.402. The van der Waals surface area contributed by atoms with Crippen LogP contribution in [0, 0.1) is 5.92 Å². The summed E-state index contributed by atoms with van der Waals surface area (Å²) < 4.78 is 10.7. The van der Waals surface area contributed by atoms with Crippen molar-refractivity contribution in [3.63, 3.8) is 0 Å². The first kappa shape index (κ1) is 15.6. The summed E-state index contributed by atoms with van der Waals surface area (Å²) >= 11 is 0. The molecule has 2 heteroatoms. The first-order valence-electron chi connectivity index (χ1n) is 7.05. The molecule has 0 saturated carbocycles. The van der Waals surface area contributed by atoms with Crippen molar-refractivity contribution in [1.82, 2.24) is 0 Å². The molecule has 0 bridgehead atoms. The van der Waals surface area contributed by atoms with Crippen LogP contribution in [-0.4, -0.2) is 14.2 Å². The van der Waals surface area contributed by atoms with Gasteiger partial charge >= 0.3 is 0 Å². The lowest BCUT2D eigenvalue weighted by Gasteiger charge is -2.13. The van der Waals surface area contributed by atoms with Crippen LogP contribution < -0.4 is 9.47 Å². The normalized spacial score (nSPS) is 11.8. The molecule has 0 spiro atoms. The molecule has 19 heavy (non-hydrogen) atoms. The Morgan fingerprint density at radius 2 is 1.84 bits per heavy atom.